The first-order chi connectivity index (χ1) is 8.15. The predicted octanol–water partition coefficient (Wildman–Crippen LogP) is 2.99. The molecule has 0 aliphatic carbocycles. The largest absolute Gasteiger partial charge is 0.352 e. The van der Waals surface area contributed by atoms with Gasteiger partial charge in [0.1, 0.15) is 5.82 Å². The zero-order valence-electron chi connectivity index (χ0n) is 9.70. The van der Waals surface area contributed by atoms with Gasteiger partial charge in [0.05, 0.1) is 5.56 Å². The van der Waals surface area contributed by atoms with E-state index in [2.05, 4.69) is 17.9 Å². The topological polar surface area (TPSA) is 29.1 Å². The highest BCUT2D eigenvalue weighted by Crippen LogP contribution is 2.13. The second kappa shape index (κ2) is 7.61. The van der Waals surface area contributed by atoms with Crippen molar-refractivity contribution in [2.75, 3.05) is 18.6 Å². The Morgan fingerprint density at radius 1 is 1.47 bits per heavy atom. The average molecular weight is 273 g/mol. The molecule has 17 heavy (non-hydrogen) atoms. The highest BCUT2D eigenvalue weighted by molar-refractivity contribution is 7.98. The van der Waals surface area contributed by atoms with Crippen LogP contribution in [0.1, 0.15) is 23.2 Å². The SMILES string of the molecule is CSCCCCNC(=O)c1cc(S)ccc1F. The first-order valence-electron chi connectivity index (χ1n) is 5.41. The minimum Gasteiger partial charge on any atom is -0.352 e. The van der Waals surface area contributed by atoms with Crippen molar-refractivity contribution in [1.29, 1.82) is 0 Å². The van der Waals surface area contributed by atoms with E-state index in [1.54, 1.807) is 11.8 Å². The fraction of sp³-hybridized carbons (Fsp3) is 0.417. The number of thiol groups is 1. The van der Waals surface area contributed by atoms with Crippen LogP contribution in [0.25, 0.3) is 0 Å². The number of carbonyl (C=O) groups is 1. The quantitative estimate of drug-likeness (QED) is 0.616. The smallest absolute Gasteiger partial charge is 0.254 e. The molecule has 1 amide bonds. The van der Waals surface area contributed by atoms with Crippen molar-refractivity contribution >= 4 is 30.3 Å². The summed E-state index contributed by atoms with van der Waals surface area (Å²) >= 11 is 5.86. The van der Waals surface area contributed by atoms with Crippen molar-refractivity contribution in [3.63, 3.8) is 0 Å². The van der Waals surface area contributed by atoms with Gasteiger partial charge in [-0.1, -0.05) is 0 Å². The number of carbonyl (C=O) groups excluding carboxylic acids is 1. The van der Waals surface area contributed by atoms with Gasteiger partial charge in [-0.15, -0.1) is 12.6 Å². The molecule has 5 heteroatoms. The summed E-state index contributed by atoms with van der Waals surface area (Å²) in [5, 5.41) is 2.70. The van der Waals surface area contributed by atoms with Crippen molar-refractivity contribution < 1.29 is 9.18 Å². The molecular weight excluding hydrogens is 257 g/mol. The van der Waals surface area contributed by atoms with Gasteiger partial charge in [0.25, 0.3) is 5.91 Å². The second-order valence-corrected chi connectivity index (χ2v) is 5.12. The van der Waals surface area contributed by atoms with E-state index in [1.165, 1.54) is 18.2 Å². The maximum atomic E-state index is 13.4. The molecule has 94 valence electrons. The number of nitrogens with one attached hydrogen (secondary N) is 1. The highest BCUT2D eigenvalue weighted by Gasteiger charge is 2.10. The third-order valence-electron chi connectivity index (χ3n) is 2.26. The number of benzene rings is 1. The van der Waals surface area contributed by atoms with Crippen LogP contribution in [-0.2, 0) is 0 Å². The molecule has 0 atom stereocenters. The molecule has 1 aromatic rings. The Morgan fingerprint density at radius 3 is 2.94 bits per heavy atom. The van der Waals surface area contributed by atoms with Gasteiger partial charge in [-0.05, 0) is 43.0 Å². The lowest BCUT2D eigenvalue weighted by atomic mass is 10.2. The standard InChI is InChI=1S/C12H16FNOS2/c1-17-7-3-2-6-14-12(15)10-8-9(16)4-5-11(10)13/h4-5,8,16H,2-3,6-7H2,1H3,(H,14,15). The minimum absolute atomic E-state index is 0.0577. The first kappa shape index (κ1) is 14.4. The number of rotatable bonds is 6. The van der Waals surface area contributed by atoms with Crippen molar-refractivity contribution in [1.82, 2.24) is 5.32 Å². The summed E-state index contributed by atoms with van der Waals surface area (Å²) in [6, 6.07) is 4.22. The minimum atomic E-state index is -0.510. The molecule has 0 bridgehead atoms. The van der Waals surface area contributed by atoms with E-state index in [1.807, 2.05) is 6.26 Å². The number of halogens is 1. The van der Waals surface area contributed by atoms with Crippen molar-refractivity contribution in [2.24, 2.45) is 0 Å². The number of unbranched alkanes of at least 4 members (excludes halogenated alkanes) is 1. The van der Waals surface area contributed by atoms with Gasteiger partial charge < -0.3 is 5.32 Å². The van der Waals surface area contributed by atoms with Crippen LogP contribution in [0, 0.1) is 5.82 Å². The monoisotopic (exact) mass is 273 g/mol. The molecule has 0 unspecified atom stereocenters. The van der Waals surface area contributed by atoms with Gasteiger partial charge in [-0.3, -0.25) is 4.79 Å². The predicted molar refractivity (Wildman–Crippen MR) is 73.6 cm³/mol. The van der Waals surface area contributed by atoms with E-state index in [9.17, 15) is 9.18 Å². The maximum Gasteiger partial charge on any atom is 0.254 e. The molecule has 0 aromatic heterocycles. The average Bonchev–Trinajstić information content (AvgIpc) is 2.32. The summed E-state index contributed by atoms with van der Waals surface area (Å²) in [6.07, 6.45) is 4.01. The third-order valence-corrected chi connectivity index (χ3v) is 3.23. The van der Waals surface area contributed by atoms with Crippen LogP contribution in [0.15, 0.2) is 23.1 Å². The fourth-order valence-electron chi connectivity index (χ4n) is 1.36. The van der Waals surface area contributed by atoms with Crippen LogP contribution in [0.4, 0.5) is 4.39 Å². The Balaban J connectivity index is 2.44. The fourth-order valence-corrected chi connectivity index (χ4v) is 2.05. The van der Waals surface area contributed by atoms with Gasteiger partial charge in [0, 0.05) is 11.4 Å². The number of amides is 1. The maximum absolute atomic E-state index is 13.4. The zero-order chi connectivity index (χ0) is 12.7. The molecular formula is C12H16FNOS2. The van der Waals surface area contributed by atoms with Gasteiger partial charge in [-0.25, -0.2) is 4.39 Å². The van der Waals surface area contributed by atoms with E-state index >= 15 is 0 Å². The van der Waals surface area contributed by atoms with E-state index in [-0.39, 0.29) is 11.5 Å². The third kappa shape index (κ3) is 5.00. The molecule has 0 fully saturated rings. The molecule has 1 N–H and O–H groups in total. The molecule has 0 heterocycles. The molecule has 1 aromatic carbocycles. The van der Waals surface area contributed by atoms with Gasteiger partial charge in [-0.2, -0.15) is 11.8 Å². The Morgan fingerprint density at radius 2 is 2.24 bits per heavy atom. The van der Waals surface area contributed by atoms with Gasteiger partial charge >= 0.3 is 0 Å². The molecule has 0 saturated carbocycles. The summed E-state index contributed by atoms with van der Waals surface area (Å²) < 4.78 is 13.4. The summed E-state index contributed by atoms with van der Waals surface area (Å²) in [7, 11) is 0. The second-order valence-electron chi connectivity index (χ2n) is 3.62. The molecule has 0 saturated heterocycles. The summed E-state index contributed by atoms with van der Waals surface area (Å²) in [5.41, 5.74) is 0.0577. The van der Waals surface area contributed by atoms with Crippen LogP contribution >= 0.6 is 24.4 Å². The molecule has 0 aliphatic rings. The van der Waals surface area contributed by atoms with Gasteiger partial charge in [0.15, 0.2) is 0 Å². The Kier molecular flexibility index (Phi) is 6.44. The number of thioether (sulfide) groups is 1. The lowest BCUT2D eigenvalue weighted by Gasteiger charge is -2.06. The lowest BCUT2D eigenvalue weighted by molar-refractivity contribution is 0.0949. The Bertz CT molecular complexity index is 385. The van der Waals surface area contributed by atoms with Gasteiger partial charge in [0.2, 0.25) is 0 Å². The molecule has 0 spiro atoms. The van der Waals surface area contributed by atoms with E-state index in [4.69, 9.17) is 0 Å². The summed E-state index contributed by atoms with van der Waals surface area (Å²) in [6.45, 7) is 0.579. The van der Waals surface area contributed by atoms with E-state index in [0.717, 1.165) is 18.6 Å². The zero-order valence-corrected chi connectivity index (χ0v) is 11.4. The Labute approximate surface area is 111 Å². The lowest BCUT2D eigenvalue weighted by Crippen LogP contribution is -2.25. The Hall–Kier alpha value is -0.680. The number of hydrogen-bond donors (Lipinski definition) is 2. The molecule has 1 rings (SSSR count). The van der Waals surface area contributed by atoms with Crippen LogP contribution < -0.4 is 5.32 Å². The summed E-state index contributed by atoms with van der Waals surface area (Å²) in [5.74, 6) is 0.197. The molecule has 2 nitrogen and oxygen atoms in total. The van der Waals surface area contributed by atoms with Crippen molar-refractivity contribution in [3.8, 4) is 0 Å². The normalized spacial score (nSPS) is 10.3. The van der Waals surface area contributed by atoms with E-state index in [0.29, 0.717) is 11.4 Å². The first-order valence-corrected chi connectivity index (χ1v) is 7.25. The van der Waals surface area contributed by atoms with Crippen molar-refractivity contribution in [3.05, 3.63) is 29.6 Å². The van der Waals surface area contributed by atoms with Crippen LogP contribution in [0.2, 0.25) is 0 Å². The van der Waals surface area contributed by atoms with Crippen molar-refractivity contribution in [2.45, 2.75) is 17.7 Å². The van der Waals surface area contributed by atoms with E-state index < -0.39 is 5.82 Å². The van der Waals surface area contributed by atoms with Crippen LogP contribution in [0.5, 0.6) is 0 Å². The highest BCUT2D eigenvalue weighted by atomic mass is 32.2. The van der Waals surface area contributed by atoms with Crippen LogP contribution in [0.3, 0.4) is 0 Å². The number of hydrogen-bond acceptors (Lipinski definition) is 3. The summed E-state index contributed by atoms with van der Waals surface area (Å²) in [4.78, 5) is 12.2. The van der Waals surface area contributed by atoms with Crippen LogP contribution in [-0.4, -0.2) is 24.5 Å². The molecule has 0 radical (unpaired) electrons. The molecule has 0 aliphatic heterocycles.